The largest absolute Gasteiger partial charge is 0.478 e. The average molecular weight is 272 g/mol. The zero-order valence-corrected chi connectivity index (χ0v) is 10.2. The topological polar surface area (TPSA) is 92.4 Å². The van der Waals surface area contributed by atoms with E-state index in [2.05, 4.69) is 5.32 Å². The number of halogens is 2. The fourth-order valence-electron chi connectivity index (χ4n) is 1.41. The Hall–Kier alpha value is -2.02. The SMILES string of the molecule is CC(CN)CC(=O)Nc1cc(C(=O)O)c(F)cc1F. The monoisotopic (exact) mass is 272 g/mol. The second kappa shape index (κ2) is 6.24. The van der Waals surface area contributed by atoms with Crippen molar-refractivity contribution in [2.75, 3.05) is 11.9 Å². The van der Waals surface area contributed by atoms with Crippen molar-refractivity contribution in [3.63, 3.8) is 0 Å². The van der Waals surface area contributed by atoms with Crippen molar-refractivity contribution in [3.8, 4) is 0 Å². The minimum absolute atomic E-state index is 0.0652. The number of carboxylic acids is 1. The van der Waals surface area contributed by atoms with Crippen molar-refractivity contribution in [1.29, 1.82) is 0 Å². The summed E-state index contributed by atoms with van der Waals surface area (Å²) >= 11 is 0. The number of hydrogen-bond acceptors (Lipinski definition) is 3. The molecule has 1 unspecified atom stereocenters. The van der Waals surface area contributed by atoms with E-state index in [4.69, 9.17) is 10.8 Å². The molecule has 0 radical (unpaired) electrons. The van der Waals surface area contributed by atoms with Gasteiger partial charge in [0.15, 0.2) is 0 Å². The Bertz CT molecular complexity index is 506. The van der Waals surface area contributed by atoms with Crippen LogP contribution in [0.2, 0.25) is 0 Å². The summed E-state index contributed by atoms with van der Waals surface area (Å²) in [6, 6.07) is 1.17. The molecule has 4 N–H and O–H groups in total. The number of carboxylic acid groups (broad SMARTS) is 1. The molecule has 5 nitrogen and oxygen atoms in total. The summed E-state index contributed by atoms with van der Waals surface area (Å²) in [6.07, 6.45) is 0.0652. The highest BCUT2D eigenvalue weighted by atomic mass is 19.1. The summed E-state index contributed by atoms with van der Waals surface area (Å²) in [5, 5.41) is 10.9. The van der Waals surface area contributed by atoms with Crippen LogP contribution in [0.15, 0.2) is 12.1 Å². The van der Waals surface area contributed by atoms with Gasteiger partial charge >= 0.3 is 5.97 Å². The maximum Gasteiger partial charge on any atom is 0.338 e. The van der Waals surface area contributed by atoms with Gasteiger partial charge in [-0.1, -0.05) is 6.92 Å². The van der Waals surface area contributed by atoms with Gasteiger partial charge in [-0.2, -0.15) is 0 Å². The third kappa shape index (κ3) is 3.99. The normalized spacial score (nSPS) is 12.0. The van der Waals surface area contributed by atoms with Crippen LogP contribution in [0.5, 0.6) is 0 Å². The molecule has 0 bridgehead atoms. The Labute approximate surface area is 108 Å². The van der Waals surface area contributed by atoms with Crippen molar-refractivity contribution in [2.45, 2.75) is 13.3 Å². The van der Waals surface area contributed by atoms with Crippen LogP contribution in [0, 0.1) is 17.6 Å². The lowest BCUT2D eigenvalue weighted by atomic mass is 10.1. The van der Waals surface area contributed by atoms with E-state index in [9.17, 15) is 18.4 Å². The van der Waals surface area contributed by atoms with Crippen LogP contribution in [0.3, 0.4) is 0 Å². The predicted octanol–water partition coefficient (Wildman–Crippen LogP) is 1.59. The first kappa shape index (κ1) is 15.0. The molecule has 104 valence electrons. The first-order valence-corrected chi connectivity index (χ1v) is 5.57. The van der Waals surface area contributed by atoms with Crippen LogP contribution in [-0.4, -0.2) is 23.5 Å². The number of amides is 1. The molecule has 7 heteroatoms. The van der Waals surface area contributed by atoms with Crippen LogP contribution in [0.25, 0.3) is 0 Å². The second-order valence-electron chi connectivity index (χ2n) is 4.21. The number of anilines is 1. The van der Waals surface area contributed by atoms with Crippen LogP contribution >= 0.6 is 0 Å². The molecule has 0 aliphatic carbocycles. The predicted molar refractivity (Wildman–Crippen MR) is 64.8 cm³/mol. The number of carbonyl (C=O) groups is 2. The first-order chi connectivity index (χ1) is 8.85. The van der Waals surface area contributed by atoms with Crippen LogP contribution in [0.4, 0.5) is 14.5 Å². The van der Waals surface area contributed by atoms with Crippen LogP contribution in [0.1, 0.15) is 23.7 Å². The third-order valence-corrected chi connectivity index (χ3v) is 2.50. The molecule has 0 saturated heterocycles. The van der Waals surface area contributed by atoms with E-state index in [0.717, 1.165) is 6.07 Å². The standard InChI is InChI=1S/C12H14F2N2O3/c1-6(5-15)2-11(17)16-10-3-7(12(18)19)8(13)4-9(10)14/h3-4,6H,2,5,15H2,1H3,(H,16,17)(H,18,19). The Morgan fingerprint density at radius 2 is 2.00 bits per heavy atom. The maximum absolute atomic E-state index is 13.4. The second-order valence-corrected chi connectivity index (χ2v) is 4.21. The smallest absolute Gasteiger partial charge is 0.338 e. The number of rotatable bonds is 5. The Morgan fingerprint density at radius 3 is 2.53 bits per heavy atom. The lowest BCUT2D eigenvalue weighted by Gasteiger charge is -2.10. The van der Waals surface area contributed by atoms with E-state index in [-0.39, 0.29) is 18.0 Å². The highest BCUT2D eigenvalue weighted by Gasteiger charge is 2.17. The van der Waals surface area contributed by atoms with Crippen molar-refractivity contribution in [2.24, 2.45) is 11.7 Å². The molecule has 0 saturated carbocycles. The zero-order chi connectivity index (χ0) is 14.6. The number of hydrogen-bond donors (Lipinski definition) is 3. The minimum atomic E-state index is -1.54. The molecule has 0 fully saturated rings. The van der Waals surface area contributed by atoms with Gasteiger partial charge in [-0.25, -0.2) is 13.6 Å². The molecule has 1 atom stereocenters. The van der Waals surface area contributed by atoms with E-state index in [1.54, 1.807) is 6.92 Å². The van der Waals surface area contributed by atoms with Crippen molar-refractivity contribution >= 4 is 17.6 Å². The third-order valence-electron chi connectivity index (χ3n) is 2.50. The average Bonchev–Trinajstić information content (AvgIpc) is 2.31. The number of benzene rings is 1. The van der Waals surface area contributed by atoms with Gasteiger partial charge in [0.1, 0.15) is 11.6 Å². The van der Waals surface area contributed by atoms with Gasteiger partial charge in [0.05, 0.1) is 11.3 Å². The lowest BCUT2D eigenvalue weighted by Crippen LogP contribution is -2.20. The summed E-state index contributed by atoms with van der Waals surface area (Å²) in [7, 11) is 0. The summed E-state index contributed by atoms with van der Waals surface area (Å²) < 4.78 is 26.5. The summed E-state index contributed by atoms with van der Waals surface area (Å²) in [4.78, 5) is 22.2. The molecule has 0 aliphatic heterocycles. The number of nitrogens with two attached hydrogens (primary N) is 1. The van der Waals surface area contributed by atoms with Crippen molar-refractivity contribution in [3.05, 3.63) is 29.3 Å². The highest BCUT2D eigenvalue weighted by molar-refractivity contribution is 5.94. The van der Waals surface area contributed by atoms with Gasteiger partial charge in [0, 0.05) is 12.5 Å². The van der Waals surface area contributed by atoms with E-state index in [1.807, 2.05) is 0 Å². The Kier molecular flexibility index (Phi) is 4.94. The molecule has 1 rings (SSSR count). The van der Waals surface area contributed by atoms with Gasteiger partial charge in [-0.3, -0.25) is 4.79 Å². The van der Waals surface area contributed by atoms with Gasteiger partial charge < -0.3 is 16.2 Å². The highest BCUT2D eigenvalue weighted by Crippen LogP contribution is 2.20. The number of nitrogens with one attached hydrogen (secondary N) is 1. The maximum atomic E-state index is 13.4. The first-order valence-electron chi connectivity index (χ1n) is 5.57. The van der Waals surface area contributed by atoms with E-state index < -0.39 is 29.1 Å². The van der Waals surface area contributed by atoms with Crippen molar-refractivity contribution in [1.82, 2.24) is 0 Å². The molecule has 1 amide bonds. The summed E-state index contributed by atoms with van der Waals surface area (Å²) in [5.41, 5.74) is 4.27. The molecule has 0 heterocycles. The quantitative estimate of drug-likeness (QED) is 0.758. The molecule has 0 spiro atoms. The molecule has 1 aromatic carbocycles. The Morgan fingerprint density at radius 1 is 1.37 bits per heavy atom. The summed E-state index contributed by atoms with van der Waals surface area (Å²) in [6.45, 7) is 2.03. The van der Waals surface area contributed by atoms with E-state index >= 15 is 0 Å². The Balaban J connectivity index is 2.92. The van der Waals surface area contributed by atoms with Gasteiger partial charge in [0.25, 0.3) is 0 Å². The fourth-order valence-corrected chi connectivity index (χ4v) is 1.41. The summed E-state index contributed by atoms with van der Waals surface area (Å²) in [5.74, 6) is -4.37. The molecular formula is C12H14F2N2O3. The van der Waals surface area contributed by atoms with Crippen molar-refractivity contribution < 1.29 is 23.5 Å². The molecule has 0 aromatic heterocycles. The number of aromatic carboxylic acids is 1. The lowest BCUT2D eigenvalue weighted by molar-refractivity contribution is -0.116. The van der Waals surface area contributed by atoms with E-state index in [1.165, 1.54) is 0 Å². The van der Waals surface area contributed by atoms with E-state index in [0.29, 0.717) is 12.6 Å². The number of carbonyl (C=O) groups excluding carboxylic acids is 1. The van der Waals surface area contributed by atoms with Gasteiger partial charge in [-0.15, -0.1) is 0 Å². The van der Waals surface area contributed by atoms with Crippen LogP contribution < -0.4 is 11.1 Å². The molecule has 1 aromatic rings. The molecule has 19 heavy (non-hydrogen) atoms. The fraction of sp³-hybridized carbons (Fsp3) is 0.333. The van der Waals surface area contributed by atoms with Crippen LogP contribution in [-0.2, 0) is 4.79 Å². The zero-order valence-electron chi connectivity index (χ0n) is 10.2. The molecular weight excluding hydrogens is 258 g/mol. The minimum Gasteiger partial charge on any atom is -0.478 e. The van der Waals surface area contributed by atoms with Gasteiger partial charge in [0.2, 0.25) is 5.91 Å². The van der Waals surface area contributed by atoms with Gasteiger partial charge in [-0.05, 0) is 18.5 Å². The molecule has 0 aliphatic rings.